The van der Waals surface area contributed by atoms with Gasteiger partial charge in [0, 0.05) is 26.6 Å². The Kier molecular flexibility index (Phi) is 5.27. The maximum absolute atomic E-state index is 14.3. The van der Waals surface area contributed by atoms with Gasteiger partial charge in [0.2, 0.25) is 15.7 Å². The first-order valence-electron chi connectivity index (χ1n) is 8.62. The number of hydrogen-bond acceptors (Lipinski definition) is 5. The van der Waals surface area contributed by atoms with Gasteiger partial charge in [-0.25, -0.2) is 21.6 Å². The van der Waals surface area contributed by atoms with E-state index in [4.69, 9.17) is 4.42 Å². The Hall–Kier alpha value is -3.08. The standard InChI is InChI=1S/C19H18F3N3O4S/c1-19(21,22)13-9-12-14(17(26)23-2)15(10-5-7-11(20)8-6-10)29-18(12)24-16(13)25(3)30(4,27)28/h5-9H,1-4H3,(H,23,26). The highest BCUT2D eigenvalue weighted by atomic mass is 32.2. The molecule has 0 unspecified atom stereocenters. The predicted octanol–water partition coefficient (Wildman–Crippen LogP) is 3.50. The molecule has 1 aromatic carbocycles. The maximum Gasteiger partial charge on any atom is 0.274 e. The Bertz CT molecular complexity index is 1230. The number of carbonyl (C=O) groups is 1. The van der Waals surface area contributed by atoms with Gasteiger partial charge in [-0.2, -0.15) is 4.98 Å². The van der Waals surface area contributed by atoms with Crippen LogP contribution in [0.3, 0.4) is 0 Å². The third-order valence-corrected chi connectivity index (χ3v) is 5.66. The number of anilines is 1. The molecule has 2 heterocycles. The van der Waals surface area contributed by atoms with Crippen LogP contribution in [0, 0.1) is 5.82 Å². The van der Waals surface area contributed by atoms with Gasteiger partial charge in [0.25, 0.3) is 11.8 Å². The molecule has 0 bridgehead atoms. The highest BCUT2D eigenvalue weighted by Crippen LogP contribution is 2.40. The number of benzene rings is 1. The van der Waals surface area contributed by atoms with Crippen molar-refractivity contribution in [2.45, 2.75) is 12.8 Å². The van der Waals surface area contributed by atoms with Crippen molar-refractivity contribution in [1.29, 1.82) is 0 Å². The number of nitrogens with zero attached hydrogens (tertiary/aromatic N) is 2. The van der Waals surface area contributed by atoms with Crippen molar-refractivity contribution in [2.24, 2.45) is 0 Å². The third kappa shape index (κ3) is 3.84. The average Bonchev–Trinajstić information content (AvgIpc) is 3.03. The number of nitrogens with one attached hydrogen (secondary N) is 1. The van der Waals surface area contributed by atoms with Gasteiger partial charge in [-0.3, -0.25) is 9.10 Å². The lowest BCUT2D eigenvalue weighted by Crippen LogP contribution is -2.28. The van der Waals surface area contributed by atoms with E-state index in [1.165, 1.54) is 19.2 Å². The fourth-order valence-electron chi connectivity index (χ4n) is 2.89. The molecular weight excluding hydrogens is 423 g/mol. The smallest absolute Gasteiger partial charge is 0.274 e. The van der Waals surface area contributed by atoms with E-state index in [2.05, 4.69) is 10.3 Å². The molecule has 0 aliphatic heterocycles. The Morgan fingerprint density at radius 2 is 1.83 bits per heavy atom. The number of pyridine rings is 1. The number of rotatable bonds is 5. The first-order valence-corrected chi connectivity index (χ1v) is 10.5. The van der Waals surface area contributed by atoms with E-state index in [-0.39, 0.29) is 22.4 Å². The number of furan rings is 1. The van der Waals surface area contributed by atoms with Gasteiger partial charge in [0.1, 0.15) is 11.6 Å². The van der Waals surface area contributed by atoms with Crippen molar-refractivity contribution in [3.05, 3.63) is 47.3 Å². The van der Waals surface area contributed by atoms with Gasteiger partial charge in [-0.1, -0.05) is 0 Å². The molecular formula is C19H18F3N3O4S. The summed E-state index contributed by atoms with van der Waals surface area (Å²) in [5.74, 6) is -5.16. The molecule has 0 spiro atoms. The van der Waals surface area contributed by atoms with E-state index in [1.54, 1.807) is 0 Å². The Morgan fingerprint density at radius 1 is 1.23 bits per heavy atom. The molecule has 0 atom stereocenters. The molecule has 0 aliphatic rings. The molecule has 3 rings (SSSR count). The third-order valence-electron chi connectivity index (χ3n) is 4.49. The van der Waals surface area contributed by atoms with Gasteiger partial charge in [-0.15, -0.1) is 0 Å². The van der Waals surface area contributed by atoms with E-state index in [9.17, 15) is 26.4 Å². The van der Waals surface area contributed by atoms with E-state index in [0.29, 0.717) is 16.8 Å². The first kappa shape index (κ1) is 21.6. The Labute approximate surface area is 170 Å². The maximum atomic E-state index is 14.3. The summed E-state index contributed by atoms with van der Waals surface area (Å²) >= 11 is 0. The van der Waals surface area contributed by atoms with Crippen LogP contribution in [-0.4, -0.2) is 39.7 Å². The number of amides is 1. The zero-order valence-electron chi connectivity index (χ0n) is 16.5. The van der Waals surface area contributed by atoms with Crippen molar-refractivity contribution in [3.8, 4) is 11.3 Å². The van der Waals surface area contributed by atoms with Crippen LogP contribution in [0.25, 0.3) is 22.4 Å². The van der Waals surface area contributed by atoms with Crippen LogP contribution in [0.4, 0.5) is 19.0 Å². The molecule has 30 heavy (non-hydrogen) atoms. The van der Waals surface area contributed by atoms with E-state index < -0.39 is 39.1 Å². The summed E-state index contributed by atoms with van der Waals surface area (Å²) in [6.45, 7) is 0.593. The monoisotopic (exact) mass is 441 g/mol. The number of alkyl halides is 2. The number of carbonyl (C=O) groups excluding carboxylic acids is 1. The summed E-state index contributed by atoms with van der Waals surface area (Å²) in [6.07, 6.45) is 0.846. The number of halogens is 3. The van der Waals surface area contributed by atoms with Gasteiger partial charge in [-0.05, 0) is 30.3 Å². The molecule has 1 amide bonds. The lowest BCUT2D eigenvalue weighted by atomic mass is 10.0. The molecule has 2 aromatic heterocycles. The van der Waals surface area contributed by atoms with E-state index in [1.807, 2.05) is 0 Å². The number of hydrogen-bond donors (Lipinski definition) is 1. The van der Waals surface area contributed by atoms with Gasteiger partial charge >= 0.3 is 0 Å². The van der Waals surface area contributed by atoms with Crippen molar-refractivity contribution < 1.29 is 30.8 Å². The summed E-state index contributed by atoms with van der Waals surface area (Å²) in [5, 5.41) is 2.37. The minimum atomic E-state index is -3.91. The minimum Gasteiger partial charge on any atom is -0.437 e. The zero-order valence-corrected chi connectivity index (χ0v) is 17.3. The molecule has 7 nitrogen and oxygen atoms in total. The summed E-state index contributed by atoms with van der Waals surface area (Å²) in [7, 11) is -1.48. The van der Waals surface area contributed by atoms with Crippen molar-refractivity contribution in [1.82, 2.24) is 10.3 Å². The number of fused-ring (bicyclic) bond motifs is 1. The second-order valence-corrected chi connectivity index (χ2v) is 8.74. The van der Waals surface area contributed by atoms with Crippen LogP contribution in [0.5, 0.6) is 0 Å². The largest absolute Gasteiger partial charge is 0.437 e. The number of aromatic nitrogens is 1. The highest BCUT2D eigenvalue weighted by molar-refractivity contribution is 7.92. The molecule has 3 aromatic rings. The molecule has 160 valence electrons. The highest BCUT2D eigenvalue weighted by Gasteiger charge is 2.35. The fraction of sp³-hybridized carbons (Fsp3) is 0.263. The summed E-state index contributed by atoms with van der Waals surface area (Å²) in [6, 6.07) is 6.01. The number of sulfonamides is 1. The molecule has 11 heteroatoms. The summed E-state index contributed by atoms with van der Waals surface area (Å²) < 4.78 is 72.1. The predicted molar refractivity (Wildman–Crippen MR) is 106 cm³/mol. The van der Waals surface area contributed by atoms with Crippen LogP contribution in [-0.2, 0) is 15.9 Å². The molecule has 0 radical (unpaired) electrons. The van der Waals surface area contributed by atoms with Gasteiger partial charge < -0.3 is 9.73 Å². The lowest BCUT2D eigenvalue weighted by Gasteiger charge is -2.21. The van der Waals surface area contributed by atoms with E-state index in [0.717, 1.165) is 31.5 Å². The van der Waals surface area contributed by atoms with Crippen LogP contribution in [0.1, 0.15) is 22.8 Å². The lowest BCUT2D eigenvalue weighted by molar-refractivity contribution is 0.0179. The average molecular weight is 441 g/mol. The van der Waals surface area contributed by atoms with Gasteiger partial charge in [0.05, 0.1) is 22.8 Å². The first-order chi connectivity index (χ1) is 13.8. The molecule has 0 saturated carbocycles. The van der Waals surface area contributed by atoms with Gasteiger partial charge in [0.15, 0.2) is 5.82 Å². The molecule has 0 aliphatic carbocycles. The van der Waals surface area contributed by atoms with Crippen molar-refractivity contribution in [2.75, 3.05) is 24.7 Å². The molecule has 0 fully saturated rings. The Balaban J connectivity index is 2.41. The van der Waals surface area contributed by atoms with Crippen molar-refractivity contribution >= 4 is 32.8 Å². The fourth-order valence-corrected chi connectivity index (χ4v) is 3.34. The normalized spacial score (nSPS) is 12.2. The molecule has 1 N–H and O–H groups in total. The van der Waals surface area contributed by atoms with Crippen molar-refractivity contribution in [3.63, 3.8) is 0 Å². The van der Waals surface area contributed by atoms with Crippen LogP contribution >= 0.6 is 0 Å². The summed E-state index contributed by atoms with van der Waals surface area (Å²) in [5.41, 5.74) is -0.674. The van der Waals surface area contributed by atoms with Crippen LogP contribution < -0.4 is 9.62 Å². The topological polar surface area (TPSA) is 92.5 Å². The van der Waals surface area contributed by atoms with E-state index >= 15 is 0 Å². The SMILES string of the molecule is CNC(=O)c1c(-c2ccc(F)cc2)oc2nc(N(C)S(C)(=O)=O)c(C(C)(F)F)cc12. The van der Waals surface area contributed by atoms with Crippen LogP contribution in [0.2, 0.25) is 0 Å². The second kappa shape index (κ2) is 7.31. The second-order valence-electron chi connectivity index (χ2n) is 6.72. The Morgan fingerprint density at radius 3 is 2.33 bits per heavy atom. The zero-order chi connectivity index (χ0) is 22.4. The van der Waals surface area contributed by atoms with Crippen LogP contribution in [0.15, 0.2) is 34.7 Å². The minimum absolute atomic E-state index is 0.0126. The summed E-state index contributed by atoms with van der Waals surface area (Å²) in [4.78, 5) is 16.5. The molecule has 0 saturated heterocycles. The quantitative estimate of drug-likeness (QED) is 0.654.